The van der Waals surface area contributed by atoms with Gasteiger partial charge in [-0.05, 0) is 44.8 Å². The largest absolute Gasteiger partial charge is 0.309 e. The van der Waals surface area contributed by atoms with Gasteiger partial charge in [0.2, 0.25) is 0 Å². The lowest BCUT2D eigenvalue weighted by molar-refractivity contribution is 0.111. The quantitative estimate of drug-likeness (QED) is 0.853. The first kappa shape index (κ1) is 14.2. The highest BCUT2D eigenvalue weighted by atomic mass is 32.2. The molecule has 0 spiro atoms. The fourth-order valence-corrected chi connectivity index (χ4v) is 5.27. The molecule has 3 aliphatic rings. The Hall–Kier alpha value is 0.270. The van der Waals surface area contributed by atoms with Gasteiger partial charge in [-0.25, -0.2) is 0 Å². The molecule has 0 radical (unpaired) electrons. The van der Waals surface area contributed by atoms with Gasteiger partial charge in [0.1, 0.15) is 0 Å². The highest BCUT2D eigenvalue weighted by Gasteiger charge is 2.45. The van der Waals surface area contributed by atoms with E-state index >= 15 is 0 Å². The Morgan fingerprint density at radius 1 is 1.21 bits per heavy atom. The topological polar surface area (TPSA) is 15.3 Å². The van der Waals surface area contributed by atoms with Crippen LogP contribution in [0.1, 0.15) is 51.9 Å². The third-order valence-corrected chi connectivity index (χ3v) is 7.10. The van der Waals surface area contributed by atoms with Gasteiger partial charge in [-0.2, -0.15) is 11.8 Å². The Morgan fingerprint density at radius 2 is 1.95 bits per heavy atom. The molecule has 0 bridgehead atoms. The summed E-state index contributed by atoms with van der Waals surface area (Å²) >= 11 is 2.15. The van der Waals surface area contributed by atoms with Gasteiger partial charge in [-0.15, -0.1) is 0 Å². The van der Waals surface area contributed by atoms with Crippen LogP contribution < -0.4 is 5.32 Å². The minimum Gasteiger partial charge on any atom is -0.309 e. The van der Waals surface area contributed by atoms with Crippen molar-refractivity contribution in [3.05, 3.63) is 0 Å². The van der Waals surface area contributed by atoms with Gasteiger partial charge < -0.3 is 5.32 Å². The molecule has 0 amide bonds. The van der Waals surface area contributed by atoms with Crippen molar-refractivity contribution in [3.8, 4) is 0 Å². The molecular weight excluding hydrogens is 252 g/mol. The van der Waals surface area contributed by atoms with E-state index in [4.69, 9.17) is 0 Å². The molecule has 1 heterocycles. The second-order valence-corrected chi connectivity index (χ2v) is 8.55. The first-order valence-corrected chi connectivity index (χ1v) is 9.41. The molecule has 0 aromatic carbocycles. The lowest BCUT2D eigenvalue weighted by Crippen LogP contribution is -2.61. The molecule has 1 aliphatic heterocycles. The zero-order valence-electron chi connectivity index (χ0n) is 12.7. The summed E-state index contributed by atoms with van der Waals surface area (Å²) in [5.74, 6) is 0.951. The number of piperazine rings is 1. The summed E-state index contributed by atoms with van der Waals surface area (Å²) < 4.78 is 0.569. The van der Waals surface area contributed by atoms with Crippen molar-refractivity contribution in [1.29, 1.82) is 0 Å². The summed E-state index contributed by atoms with van der Waals surface area (Å²) in [7, 11) is 0. The summed E-state index contributed by atoms with van der Waals surface area (Å²) in [4.78, 5) is 2.77. The van der Waals surface area contributed by atoms with Crippen LogP contribution in [0.4, 0.5) is 0 Å². The van der Waals surface area contributed by atoms with E-state index in [2.05, 4.69) is 35.2 Å². The van der Waals surface area contributed by atoms with Gasteiger partial charge in [0.25, 0.3) is 0 Å². The van der Waals surface area contributed by atoms with Crippen LogP contribution in [0.25, 0.3) is 0 Å². The fraction of sp³-hybridized carbons (Fsp3) is 1.00. The number of rotatable bonds is 4. The molecule has 1 unspecified atom stereocenters. The zero-order valence-corrected chi connectivity index (χ0v) is 13.5. The molecule has 0 aromatic heterocycles. The summed E-state index contributed by atoms with van der Waals surface area (Å²) in [6, 6.07) is 0. The van der Waals surface area contributed by atoms with Crippen LogP contribution in [0.3, 0.4) is 0 Å². The summed E-state index contributed by atoms with van der Waals surface area (Å²) in [5.41, 5.74) is 0.409. The second-order valence-electron chi connectivity index (χ2n) is 7.28. The number of hydrogen-bond donors (Lipinski definition) is 1. The minimum atomic E-state index is 0.409. The average molecular weight is 282 g/mol. The molecule has 3 fully saturated rings. The molecule has 2 aliphatic carbocycles. The molecule has 19 heavy (non-hydrogen) atoms. The van der Waals surface area contributed by atoms with Crippen LogP contribution in [0.2, 0.25) is 0 Å². The van der Waals surface area contributed by atoms with Crippen LogP contribution in [0.5, 0.6) is 0 Å². The molecule has 0 aromatic rings. The smallest absolute Gasteiger partial charge is 0.0309 e. The van der Waals surface area contributed by atoms with Gasteiger partial charge >= 0.3 is 0 Å². The predicted molar refractivity (Wildman–Crippen MR) is 84.9 cm³/mol. The van der Waals surface area contributed by atoms with Crippen LogP contribution >= 0.6 is 11.8 Å². The van der Waals surface area contributed by atoms with E-state index in [0.717, 1.165) is 5.92 Å². The monoisotopic (exact) mass is 282 g/mol. The zero-order chi connectivity index (χ0) is 13.3. The van der Waals surface area contributed by atoms with Crippen molar-refractivity contribution in [2.24, 2.45) is 5.92 Å². The summed E-state index contributed by atoms with van der Waals surface area (Å²) in [6.45, 7) is 7.52. The Kier molecular flexibility index (Phi) is 4.17. The molecule has 1 N–H and O–H groups in total. The van der Waals surface area contributed by atoms with Crippen molar-refractivity contribution in [2.45, 2.75) is 62.2 Å². The lowest BCUT2D eigenvalue weighted by atomic mass is 9.86. The van der Waals surface area contributed by atoms with Crippen LogP contribution in [0.15, 0.2) is 0 Å². The van der Waals surface area contributed by atoms with Crippen molar-refractivity contribution in [2.75, 3.05) is 32.4 Å². The van der Waals surface area contributed by atoms with Crippen molar-refractivity contribution < 1.29 is 0 Å². The van der Waals surface area contributed by atoms with E-state index in [-0.39, 0.29) is 0 Å². The van der Waals surface area contributed by atoms with E-state index in [1.807, 2.05) is 0 Å². The van der Waals surface area contributed by atoms with Gasteiger partial charge in [-0.3, -0.25) is 4.90 Å². The Balaban J connectivity index is 1.61. The van der Waals surface area contributed by atoms with Gasteiger partial charge in [0.05, 0.1) is 0 Å². The maximum atomic E-state index is 3.81. The Morgan fingerprint density at radius 3 is 2.58 bits per heavy atom. The second kappa shape index (κ2) is 5.57. The third kappa shape index (κ3) is 3.14. The third-order valence-electron chi connectivity index (χ3n) is 5.70. The van der Waals surface area contributed by atoms with E-state index in [0.29, 0.717) is 10.3 Å². The lowest BCUT2D eigenvalue weighted by Gasteiger charge is -2.46. The maximum Gasteiger partial charge on any atom is 0.0309 e. The minimum absolute atomic E-state index is 0.409. The highest BCUT2D eigenvalue weighted by Crippen LogP contribution is 2.43. The molecule has 1 saturated heterocycles. The van der Waals surface area contributed by atoms with Crippen LogP contribution in [-0.4, -0.2) is 47.6 Å². The van der Waals surface area contributed by atoms with Crippen molar-refractivity contribution >= 4 is 11.8 Å². The van der Waals surface area contributed by atoms with E-state index < -0.39 is 0 Å². The van der Waals surface area contributed by atoms with Crippen LogP contribution in [0, 0.1) is 5.92 Å². The Labute approximate surface area is 123 Å². The van der Waals surface area contributed by atoms with Gasteiger partial charge in [-0.1, -0.05) is 19.3 Å². The standard InChI is InChI=1S/C16H30N2S/c1-15(14-6-7-14)12-18(11-10-17-15)13-16(19-2)8-4-3-5-9-16/h14,17H,3-13H2,1-2H3. The molecule has 2 nitrogen and oxygen atoms in total. The number of nitrogens with zero attached hydrogens (tertiary/aromatic N) is 1. The Bertz CT molecular complexity index is 310. The normalized spacial score (nSPS) is 36.3. The average Bonchev–Trinajstić information content (AvgIpc) is 3.24. The number of nitrogens with one attached hydrogen (secondary N) is 1. The number of thioether (sulfide) groups is 1. The molecule has 3 rings (SSSR count). The SMILES string of the molecule is CSC1(CN2CCNC(C)(C3CC3)C2)CCCCC1. The van der Waals surface area contributed by atoms with E-state index in [1.165, 1.54) is 71.1 Å². The molecular formula is C16H30N2S. The van der Waals surface area contributed by atoms with Crippen molar-refractivity contribution in [3.63, 3.8) is 0 Å². The fourth-order valence-electron chi connectivity index (χ4n) is 4.26. The van der Waals surface area contributed by atoms with E-state index in [9.17, 15) is 0 Å². The molecule has 110 valence electrons. The highest BCUT2D eigenvalue weighted by molar-refractivity contribution is 8.00. The van der Waals surface area contributed by atoms with E-state index in [1.54, 1.807) is 0 Å². The van der Waals surface area contributed by atoms with Gasteiger partial charge in [0.15, 0.2) is 0 Å². The maximum absolute atomic E-state index is 3.81. The molecule has 2 saturated carbocycles. The first-order chi connectivity index (χ1) is 9.16. The summed E-state index contributed by atoms with van der Waals surface area (Å²) in [5, 5.41) is 3.81. The first-order valence-electron chi connectivity index (χ1n) is 8.18. The van der Waals surface area contributed by atoms with Crippen LogP contribution in [-0.2, 0) is 0 Å². The molecule has 3 heteroatoms. The van der Waals surface area contributed by atoms with Crippen molar-refractivity contribution in [1.82, 2.24) is 10.2 Å². The predicted octanol–water partition coefficient (Wildman–Crippen LogP) is 3.13. The number of hydrogen-bond acceptors (Lipinski definition) is 3. The summed E-state index contributed by atoms with van der Waals surface area (Å²) in [6.07, 6.45) is 12.5. The van der Waals surface area contributed by atoms with Gasteiger partial charge in [0, 0.05) is 36.5 Å². The molecule has 1 atom stereocenters.